The van der Waals surface area contributed by atoms with Gasteiger partial charge in [0.05, 0.1) is 19.0 Å². The van der Waals surface area contributed by atoms with Crippen molar-refractivity contribution in [1.82, 2.24) is 0 Å². The molecule has 0 aliphatic heterocycles. The Balaban J connectivity index is 1.78. The second-order valence-corrected chi connectivity index (χ2v) is 5.49. The number of rotatable bonds is 7. The molecule has 4 nitrogen and oxygen atoms in total. The van der Waals surface area contributed by atoms with Gasteiger partial charge in [-0.2, -0.15) is 5.10 Å². The summed E-state index contributed by atoms with van der Waals surface area (Å²) in [6, 6.07) is 21.6. The molecule has 132 valence electrons. The lowest BCUT2D eigenvalue weighted by Gasteiger charge is -2.13. The molecule has 5 heteroatoms. The Hall–Kier alpha value is -3.34. The molecule has 0 amide bonds. The monoisotopic (exact) mass is 350 g/mol. The highest BCUT2D eigenvalue weighted by Crippen LogP contribution is 2.31. The molecule has 3 rings (SSSR count). The molecule has 0 bridgehead atoms. The van der Waals surface area contributed by atoms with E-state index >= 15 is 0 Å². The van der Waals surface area contributed by atoms with Crippen LogP contribution in [0.1, 0.15) is 11.1 Å². The first-order valence-electron chi connectivity index (χ1n) is 8.15. The van der Waals surface area contributed by atoms with Crippen LogP contribution in [0.3, 0.4) is 0 Å². The third kappa shape index (κ3) is 4.39. The smallest absolute Gasteiger partial charge is 0.170 e. The molecular formula is C21H19FN2O2. The van der Waals surface area contributed by atoms with Gasteiger partial charge in [0.1, 0.15) is 12.4 Å². The lowest BCUT2D eigenvalue weighted by atomic mass is 10.2. The second kappa shape index (κ2) is 8.67. The van der Waals surface area contributed by atoms with Gasteiger partial charge in [-0.25, -0.2) is 4.39 Å². The molecule has 0 spiro atoms. The van der Waals surface area contributed by atoms with Gasteiger partial charge < -0.3 is 9.47 Å². The molecule has 1 N–H and O–H groups in total. The van der Waals surface area contributed by atoms with Crippen molar-refractivity contribution in [3.63, 3.8) is 0 Å². The molecule has 0 saturated carbocycles. The molecule has 0 aromatic heterocycles. The number of hydrogen-bond acceptors (Lipinski definition) is 4. The number of ether oxygens (including phenoxy) is 2. The predicted molar refractivity (Wildman–Crippen MR) is 101 cm³/mol. The van der Waals surface area contributed by atoms with E-state index in [1.54, 1.807) is 37.6 Å². The van der Waals surface area contributed by atoms with Crippen LogP contribution in [0.4, 0.5) is 10.1 Å². The van der Waals surface area contributed by atoms with Gasteiger partial charge in [0.25, 0.3) is 0 Å². The van der Waals surface area contributed by atoms with Gasteiger partial charge in [-0.15, -0.1) is 0 Å². The number of halogens is 1. The summed E-state index contributed by atoms with van der Waals surface area (Å²) in [4.78, 5) is 0. The van der Waals surface area contributed by atoms with E-state index in [2.05, 4.69) is 10.5 Å². The van der Waals surface area contributed by atoms with Crippen molar-refractivity contribution in [3.8, 4) is 11.5 Å². The standard InChI is InChI=1S/C21H19FN2O2/c1-25-20-13-7-9-16(14-23-24-18-10-3-2-4-11-18)21(20)26-15-17-8-5-6-12-19(17)22/h2-14,24H,15H2,1H3/b23-14+. The molecule has 0 saturated heterocycles. The van der Waals surface area contributed by atoms with E-state index in [0.717, 1.165) is 11.3 Å². The van der Waals surface area contributed by atoms with Gasteiger partial charge in [0.2, 0.25) is 0 Å². The van der Waals surface area contributed by atoms with Gasteiger partial charge in [-0.05, 0) is 30.3 Å². The van der Waals surface area contributed by atoms with Crippen LogP contribution in [-0.2, 0) is 6.61 Å². The van der Waals surface area contributed by atoms with Crippen molar-refractivity contribution in [2.24, 2.45) is 5.10 Å². The fraction of sp³-hybridized carbons (Fsp3) is 0.0952. The average molecular weight is 350 g/mol. The summed E-state index contributed by atoms with van der Waals surface area (Å²) in [5, 5.41) is 4.24. The summed E-state index contributed by atoms with van der Waals surface area (Å²) in [5.74, 6) is 0.769. The van der Waals surface area contributed by atoms with E-state index in [1.165, 1.54) is 6.07 Å². The Labute approximate surface area is 151 Å². The quantitative estimate of drug-likeness (QED) is 0.489. The van der Waals surface area contributed by atoms with Crippen molar-refractivity contribution in [2.45, 2.75) is 6.61 Å². The second-order valence-electron chi connectivity index (χ2n) is 5.49. The third-order valence-electron chi connectivity index (χ3n) is 3.73. The van der Waals surface area contributed by atoms with Crippen LogP contribution in [0.2, 0.25) is 0 Å². The third-order valence-corrected chi connectivity index (χ3v) is 3.73. The first-order valence-corrected chi connectivity index (χ1v) is 8.15. The number of hydrogen-bond donors (Lipinski definition) is 1. The topological polar surface area (TPSA) is 42.8 Å². The molecule has 3 aromatic rings. The molecule has 26 heavy (non-hydrogen) atoms. The number of para-hydroxylation sites is 2. The fourth-order valence-electron chi connectivity index (χ4n) is 2.40. The van der Waals surface area contributed by atoms with Gasteiger partial charge in [-0.1, -0.05) is 42.5 Å². The SMILES string of the molecule is COc1cccc(/C=N/Nc2ccccc2)c1OCc1ccccc1F. The number of benzene rings is 3. The highest BCUT2D eigenvalue weighted by Gasteiger charge is 2.11. The summed E-state index contributed by atoms with van der Waals surface area (Å²) < 4.78 is 25.0. The summed E-state index contributed by atoms with van der Waals surface area (Å²) in [5.41, 5.74) is 5.03. The molecule has 0 radical (unpaired) electrons. The molecule has 0 heterocycles. The molecule has 0 aliphatic carbocycles. The highest BCUT2D eigenvalue weighted by molar-refractivity contribution is 5.85. The van der Waals surface area contributed by atoms with Crippen molar-refractivity contribution >= 4 is 11.9 Å². The van der Waals surface area contributed by atoms with E-state index in [4.69, 9.17) is 9.47 Å². The normalized spacial score (nSPS) is 10.7. The Morgan fingerprint density at radius 1 is 0.962 bits per heavy atom. The lowest BCUT2D eigenvalue weighted by molar-refractivity contribution is 0.279. The van der Waals surface area contributed by atoms with Crippen molar-refractivity contribution in [3.05, 3.63) is 89.7 Å². The summed E-state index contributed by atoms with van der Waals surface area (Å²) in [6.07, 6.45) is 1.65. The lowest BCUT2D eigenvalue weighted by Crippen LogP contribution is -2.03. The number of nitrogens with one attached hydrogen (secondary N) is 1. The molecule has 3 aromatic carbocycles. The zero-order valence-electron chi connectivity index (χ0n) is 14.4. The van der Waals surface area contributed by atoms with E-state index in [1.807, 2.05) is 42.5 Å². The van der Waals surface area contributed by atoms with Gasteiger partial charge >= 0.3 is 0 Å². The maximum Gasteiger partial charge on any atom is 0.170 e. The Kier molecular flexibility index (Phi) is 5.83. The molecule has 0 unspecified atom stereocenters. The average Bonchev–Trinajstić information content (AvgIpc) is 2.68. The van der Waals surface area contributed by atoms with Gasteiger partial charge in [-0.3, -0.25) is 5.43 Å². The van der Waals surface area contributed by atoms with Crippen LogP contribution < -0.4 is 14.9 Å². The summed E-state index contributed by atoms with van der Waals surface area (Å²) in [7, 11) is 1.56. The Bertz CT molecular complexity index is 882. The van der Waals surface area contributed by atoms with Crippen LogP contribution in [0.25, 0.3) is 0 Å². The van der Waals surface area contributed by atoms with E-state index in [0.29, 0.717) is 17.1 Å². The van der Waals surface area contributed by atoms with Crippen LogP contribution in [-0.4, -0.2) is 13.3 Å². The zero-order valence-corrected chi connectivity index (χ0v) is 14.4. The number of anilines is 1. The van der Waals surface area contributed by atoms with Crippen LogP contribution >= 0.6 is 0 Å². The van der Waals surface area contributed by atoms with Crippen molar-refractivity contribution < 1.29 is 13.9 Å². The molecule has 0 aliphatic rings. The van der Waals surface area contributed by atoms with Gasteiger partial charge in [0, 0.05) is 11.1 Å². The first kappa shape index (κ1) is 17.5. The fourth-order valence-corrected chi connectivity index (χ4v) is 2.40. The zero-order chi connectivity index (χ0) is 18.2. The van der Waals surface area contributed by atoms with Crippen molar-refractivity contribution in [1.29, 1.82) is 0 Å². The molecule has 0 atom stereocenters. The van der Waals surface area contributed by atoms with Crippen molar-refractivity contribution in [2.75, 3.05) is 12.5 Å². The Morgan fingerprint density at radius 2 is 1.73 bits per heavy atom. The first-order chi connectivity index (χ1) is 12.8. The minimum absolute atomic E-state index is 0.0972. The van der Waals surface area contributed by atoms with Crippen LogP contribution in [0.5, 0.6) is 11.5 Å². The predicted octanol–water partition coefficient (Wildman–Crippen LogP) is 4.86. The minimum Gasteiger partial charge on any atom is -0.493 e. The van der Waals surface area contributed by atoms with E-state index in [-0.39, 0.29) is 12.4 Å². The van der Waals surface area contributed by atoms with Crippen LogP contribution in [0.15, 0.2) is 77.9 Å². The maximum atomic E-state index is 13.8. The summed E-state index contributed by atoms with van der Waals surface area (Å²) >= 11 is 0. The number of methoxy groups -OCH3 is 1. The molecule has 0 fully saturated rings. The van der Waals surface area contributed by atoms with Gasteiger partial charge in [0.15, 0.2) is 11.5 Å². The maximum absolute atomic E-state index is 13.8. The highest BCUT2D eigenvalue weighted by atomic mass is 19.1. The van der Waals surface area contributed by atoms with E-state index in [9.17, 15) is 4.39 Å². The minimum atomic E-state index is -0.302. The number of hydrazone groups is 1. The Morgan fingerprint density at radius 3 is 2.50 bits per heavy atom. The van der Waals surface area contributed by atoms with Crippen LogP contribution in [0, 0.1) is 5.82 Å². The molecular weight excluding hydrogens is 331 g/mol. The largest absolute Gasteiger partial charge is 0.493 e. The van der Waals surface area contributed by atoms with E-state index < -0.39 is 0 Å². The number of nitrogens with zero attached hydrogens (tertiary/aromatic N) is 1. The summed E-state index contributed by atoms with van der Waals surface area (Å²) in [6.45, 7) is 0.0972.